The van der Waals surface area contributed by atoms with Crippen molar-refractivity contribution in [3.8, 4) is 0 Å². The van der Waals surface area contributed by atoms with Crippen molar-refractivity contribution in [2.75, 3.05) is 0 Å². The Kier molecular flexibility index (Phi) is 5.72. The average Bonchev–Trinajstić information content (AvgIpc) is 3.19. The molecule has 9 nitrogen and oxygen atoms in total. The number of halogens is 4. The van der Waals surface area contributed by atoms with Gasteiger partial charge in [-0.25, -0.2) is 13.8 Å². The first kappa shape index (κ1) is 22.2. The molecule has 2 N–H and O–H groups in total. The van der Waals surface area contributed by atoms with E-state index in [2.05, 4.69) is 5.10 Å². The minimum atomic E-state index is -3.51. The number of alkyl halides is 2. The number of hydrogen-bond acceptors (Lipinski definition) is 6. The summed E-state index contributed by atoms with van der Waals surface area (Å²) < 4.78 is 53.9. The number of nitrogens with one attached hydrogen (secondary N) is 1. The van der Waals surface area contributed by atoms with E-state index in [4.69, 9.17) is 0 Å². The van der Waals surface area contributed by atoms with Gasteiger partial charge in [-0.2, -0.15) is 13.9 Å². The summed E-state index contributed by atoms with van der Waals surface area (Å²) in [4.78, 5) is 23.3. The molecule has 1 fully saturated rings. The molecule has 1 amide bonds. The van der Waals surface area contributed by atoms with Crippen molar-refractivity contribution in [1.29, 1.82) is 0 Å². The Morgan fingerprint density at radius 3 is 2.61 bits per heavy atom. The molecule has 0 radical (unpaired) electrons. The summed E-state index contributed by atoms with van der Waals surface area (Å²) in [6.07, 6.45) is -7.00. The first-order chi connectivity index (χ1) is 14.5. The van der Waals surface area contributed by atoms with Gasteiger partial charge in [0, 0.05) is 5.56 Å². The molecule has 0 bridgehead atoms. The van der Waals surface area contributed by atoms with Crippen molar-refractivity contribution >= 4 is 11.6 Å². The zero-order chi connectivity index (χ0) is 23.1. The van der Waals surface area contributed by atoms with Gasteiger partial charge in [0.2, 0.25) is 5.72 Å². The second kappa shape index (κ2) is 7.98. The molecule has 0 saturated carbocycles. The maximum Gasteiger partial charge on any atom is 0.312 e. The van der Waals surface area contributed by atoms with Crippen molar-refractivity contribution in [1.82, 2.24) is 20.2 Å². The average molecular weight is 443 g/mol. The summed E-state index contributed by atoms with van der Waals surface area (Å²) in [5.74, 6) is -1.15. The number of carbonyl (C=O) groups is 1. The molecule has 31 heavy (non-hydrogen) atoms. The van der Waals surface area contributed by atoms with Gasteiger partial charge < -0.3 is 5.11 Å². The number of amides is 1. The Labute approximate surface area is 172 Å². The Bertz CT molecular complexity index is 1080. The molecule has 2 heterocycles. The fourth-order valence-corrected chi connectivity index (χ4v) is 3.33. The van der Waals surface area contributed by atoms with Crippen LogP contribution in [0.2, 0.25) is 0 Å². The van der Waals surface area contributed by atoms with E-state index in [9.17, 15) is 37.6 Å². The highest BCUT2D eigenvalue weighted by atomic mass is 19.3. The maximum atomic E-state index is 13.4. The maximum absolute atomic E-state index is 13.4. The first-order valence-corrected chi connectivity index (χ1v) is 8.89. The molecule has 13 heteroatoms. The molecule has 166 valence electrons. The topological polar surface area (TPSA) is 114 Å². The number of nitrogens with zero attached hydrogens (tertiary/aromatic N) is 4. The summed E-state index contributed by atoms with van der Waals surface area (Å²) in [7, 11) is 0. The lowest BCUT2D eigenvalue weighted by Crippen LogP contribution is -2.55. The lowest BCUT2D eigenvalue weighted by Gasteiger charge is -2.31. The van der Waals surface area contributed by atoms with Crippen molar-refractivity contribution < 1.29 is 32.4 Å². The minimum Gasteiger partial charge on any atom is -0.364 e. The van der Waals surface area contributed by atoms with Crippen LogP contribution in [0.5, 0.6) is 0 Å². The summed E-state index contributed by atoms with van der Waals surface area (Å²) >= 11 is 0. The normalized spacial score (nSPS) is 18.5. The third-order valence-corrected chi connectivity index (χ3v) is 4.88. The minimum absolute atomic E-state index is 0.0262. The molecular formula is C18H17F4N5O4. The Hall–Kier alpha value is -3.48. The standard InChI is InChI=1S/C18H17F4N5O4/c1-9-14(27(30)31)10(2)25(23-9)8-11-4-3-5-12(6-11)16(28)26-18(29,17(21)22)7-13(24-26)15(19)20/h3-6,17,24,29H,7-8H2,1-2H3. The van der Waals surface area contributed by atoms with Gasteiger partial charge in [-0.15, -0.1) is 0 Å². The van der Waals surface area contributed by atoms with E-state index in [1.54, 1.807) is 6.07 Å². The molecule has 0 aliphatic carbocycles. The van der Waals surface area contributed by atoms with Gasteiger partial charge in [0.15, 0.2) is 0 Å². The highest BCUT2D eigenvalue weighted by Gasteiger charge is 2.53. The second-order valence-corrected chi connectivity index (χ2v) is 6.98. The predicted molar refractivity (Wildman–Crippen MR) is 98.0 cm³/mol. The molecule has 0 spiro atoms. The fraction of sp³-hybridized carbons (Fsp3) is 0.333. The second-order valence-electron chi connectivity index (χ2n) is 6.98. The van der Waals surface area contributed by atoms with Gasteiger partial charge in [0.1, 0.15) is 17.1 Å². The van der Waals surface area contributed by atoms with E-state index >= 15 is 0 Å². The van der Waals surface area contributed by atoms with Crippen molar-refractivity contribution in [2.45, 2.75) is 39.0 Å². The number of carbonyl (C=O) groups excluding carboxylic acids is 1. The first-order valence-electron chi connectivity index (χ1n) is 8.89. The highest BCUT2D eigenvalue weighted by molar-refractivity contribution is 5.95. The van der Waals surface area contributed by atoms with Gasteiger partial charge in [-0.05, 0) is 31.5 Å². The predicted octanol–water partition coefficient (Wildman–Crippen LogP) is 2.87. The van der Waals surface area contributed by atoms with Crippen LogP contribution < -0.4 is 5.43 Å². The highest BCUT2D eigenvalue weighted by Crippen LogP contribution is 2.35. The molecule has 1 aromatic heterocycles. The van der Waals surface area contributed by atoms with E-state index in [1.165, 1.54) is 36.7 Å². The number of hydrazine groups is 1. The van der Waals surface area contributed by atoms with Crippen LogP contribution in [0, 0.1) is 24.0 Å². The Balaban J connectivity index is 1.91. The molecule has 1 aromatic carbocycles. The zero-order valence-corrected chi connectivity index (χ0v) is 16.3. The van der Waals surface area contributed by atoms with Gasteiger partial charge in [0.25, 0.3) is 18.4 Å². The number of rotatable bonds is 5. The van der Waals surface area contributed by atoms with Crippen molar-refractivity contribution in [2.24, 2.45) is 0 Å². The van der Waals surface area contributed by atoms with Crippen LogP contribution >= 0.6 is 0 Å². The third kappa shape index (κ3) is 3.95. The van der Waals surface area contributed by atoms with Gasteiger partial charge >= 0.3 is 5.69 Å². The van der Waals surface area contributed by atoms with Crippen LogP contribution in [0.15, 0.2) is 36.0 Å². The van der Waals surface area contributed by atoms with Crippen LogP contribution in [-0.4, -0.2) is 42.9 Å². The van der Waals surface area contributed by atoms with E-state index in [0.717, 1.165) is 0 Å². The number of aromatic nitrogens is 2. The molecule has 1 aliphatic heterocycles. The van der Waals surface area contributed by atoms with Crippen molar-refractivity contribution in [3.63, 3.8) is 0 Å². The third-order valence-electron chi connectivity index (χ3n) is 4.88. The summed E-state index contributed by atoms with van der Waals surface area (Å²) in [6.45, 7) is 3.00. The summed E-state index contributed by atoms with van der Waals surface area (Å²) in [5, 5.41) is 25.5. The largest absolute Gasteiger partial charge is 0.364 e. The summed E-state index contributed by atoms with van der Waals surface area (Å²) in [5.41, 5.74) is -1.68. The number of benzene rings is 1. The van der Waals surface area contributed by atoms with E-state index in [1.807, 2.05) is 5.43 Å². The molecular weight excluding hydrogens is 426 g/mol. The van der Waals surface area contributed by atoms with Gasteiger partial charge in [0.05, 0.1) is 17.9 Å². The van der Waals surface area contributed by atoms with Crippen molar-refractivity contribution in [3.05, 3.63) is 68.7 Å². The lowest BCUT2D eigenvalue weighted by atomic mass is 10.1. The van der Waals surface area contributed by atoms with E-state index < -0.39 is 41.2 Å². The Morgan fingerprint density at radius 1 is 1.39 bits per heavy atom. The molecule has 1 unspecified atom stereocenters. The Morgan fingerprint density at radius 2 is 2.06 bits per heavy atom. The number of aliphatic hydroxyl groups is 1. The molecule has 2 aromatic rings. The van der Waals surface area contributed by atoms with Gasteiger partial charge in [-0.3, -0.25) is 25.0 Å². The number of aryl methyl sites for hydroxylation is 1. The van der Waals surface area contributed by atoms with E-state index in [-0.39, 0.29) is 34.2 Å². The van der Waals surface area contributed by atoms with Crippen LogP contribution in [0.3, 0.4) is 0 Å². The quantitative estimate of drug-likeness (QED) is 0.417. The SMILES string of the molecule is Cc1nn(Cc2cccc(C(=O)N3NC(=C(F)F)CC3(O)C(F)F)c2)c(C)c1[N+](=O)[O-]. The molecule has 3 rings (SSSR count). The zero-order valence-electron chi connectivity index (χ0n) is 16.3. The number of hydrogen-bond donors (Lipinski definition) is 2. The molecule has 1 aliphatic rings. The smallest absolute Gasteiger partial charge is 0.312 e. The van der Waals surface area contributed by atoms with Gasteiger partial charge in [-0.1, -0.05) is 12.1 Å². The molecule has 1 saturated heterocycles. The fourth-order valence-electron chi connectivity index (χ4n) is 3.33. The molecule has 1 atom stereocenters. The number of nitro groups is 1. The monoisotopic (exact) mass is 443 g/mol. The van der Waals surface area contributed by atoms with Crippen LogP contribution in [-0.2, 0) is 6.54 Å². The van der Waals surface area contributed by atoms with Crippen LogP contribution in [0.1, 0.15) is 33.7 Å². The van der Waals surface area contributed by atoms with Crippen LogP contribution in [0.4, 0.5) is 23.2 Å². The lowest BCUT2D eigenvalue weighted by molar-refractivity contribution is -0.386. The van der Waals surface area contributed by atoms with Crippen LogP contribution in [0.25, 0.3) is 0 Å². The van der Waals surface area contributed by atoms with E-state index in [0.29, 0.717) is 5.56 Å². The summed E-state index contributed by atoms with van der Waals surface area (Å²) in [6, 6.07) is 5.55.